The van der Waals surface area contributed by atoms with Crippen LogP contribution in [-0.2, 0) is 10.0 Å². The SMILES string of the molecule is CCOc1ccc(NS(=O)(=O)CCN)cc1OCC. The van der Waals surface area contributed by atoms with E-state index in [1.165, 1.54) is 0 Å². The van der Waals surface area contributed by atoms with Crippen LogP contribution in [0.5, 0.6) is 11.5 Å². The summed E-state index contributed by atoms with van der Waals surface area (Å²) in [4.78, 5) is 0. The summed E-state index contributed by atoms with van der Waals surface area (Å²) in [5, 5.41) is 0. The largest absolute Gasteiger partial charge is 0.490 e. The average Bonchev–Trinajstić information content (AvgIpc) is 2.32. The third kappa shape index (κ3) is 4.96. The molecule has 7 heteroatoms. The Kier molecular flexibility index (Phi) is 5.91. The van der Waals surface area contributed by atoms with Crippen LogP contribution in [0.2, 0.25) is 0 Å². The van der Waals surface area contributed by atoms with Crippen LogP contribution in [0.25, 0.3) is 0 Å². The first-order valence-electron chi connectivity index (χ1n) is 6.12. The molecule has 1 rings (SSSR count). The van der Waals surface area contributed by atoms with Crippen molar-refractivity contribution in [3.63, 3.8) is 0 Å². The van der Waals surface area contributed by atoms with Gasteiger partial charge in [0.05, 0.1) is 24.7 Å². The highest BCUT2D eigenvalue weighted by Gasteiger charge is 2.12. The average molecular weight is 288 g/mol. The maximum absolute atomic E-state index is 11.6. The molecule has 0 fully saturated rings. The molecular weight excluding hydrogens is 268 g/mol. The van der Waals surface area contributed by atoms with E-state index in [2.05, 4.69) is 4.72 Å². The molecule has 0 bridgehead atoms. The predicted molar refractivity (Wildman–Crippen MR) is 75.2 cm³/mol. The first-order chi connectivity index (χ1) is 9.02. The van der Waals surface area contributed by atoms with Crippen molar-refractivity contribution in [3.05, 3.63) is 18.2 Å². The number of benzene rings is 1. The van der Waals surface area contributed by atoms with Crippen molar-refractivity contribution >= 4 is 15.7 Å². The molecule has 19 heavy (non-hydrogen) atoms. The highest BCUT2D eigenvalue weighted by atomic mass is 32.2. The van der Waals surface area contributed by atoms with E-state index in [1.807, 2.05) is 13.8 Å². The maximum Gasteiger partial charge on any atom is 0.233 e. The van der Waals surface area contributed by atoms with Gasteiger partial charge in [-0.1, -0.05) is 0 Å². The fourth-order valence-corrected chi connectivity index (χ4v) is 2.40. The smallest absolute Gasteiger partial charge is 0.233 e. The Balaban J connectivity index is 2.94. The van der Waals surface area contributed by atoms with Crippen molar-refractivity contribution in [2.45, 2.75) is 13.8 Å². The molecule has 108 valence electrons. The fraction of sp³-hybridized carbons (Fsp3) is 0.500. The first kappa shape index (κ1) is 15.6. The van der Waals surface area contributed by atoms with Crippen molar-refractivity contribution < 1.29 is 17.9 Å². The minimum atomic E-state index is -3.41. The number of hydrogen-bond donors (Lipinski definition) is 2. The van der Waals surface area contributed by atoms with Gasteiger partial charge in [-0.05, 0) is 26.0 Å². The van der Waals surface area contributed by atoms with Crippen LogP contribution < -0.4 is 19.9 Å². The molecular formula is C12H20N2O4S. The Hall–Kier alpha value is -1.47. The Morgan fingerprint density at radius 2 is 1.79 bits per heavy atom. The van der Waals surface area contributed by atoms with Crippen LogP contribution in [0.4, 0.5) is 5.69 Å². The van der Waals surface area contributed by atoms with Gasteiger partial charge >= 0.3 is 0 Å². The molecule has 0 saturated heterocycles. The van der Waals surface area contributed by atoms with Gasteiger partial charge in [0, 0.05) is 12.6 Å². The molecule has 1 aromatic rings. The van der Waals surface area contributed by atoms with Gasteiger partial charge in [-0.25, -0.2) is 8.42 Å². The van der Waals surface area contributed by atoms with Gasteiger partial charge < -0.3 is 15.2 Å². The molecule has 0 aliphatic heterocycles. The van der Waals surface area contributed by atoms with Gasteiger partial charge in [0.2, 0.25) is 10.0 Å². The predicted octanol–water partition coefficient (Wildman–Crippen LogP) is 1.18. The Morgan fingerprint density at radius 1 is 1.16 bits per heavy atom. The summed E-state index contributed by atoms with van der Waals surface area (Å²) in [6.07, 6.45) is 0. The summed E-state index contributed by atoms with van der Waals surface area (Å²) in [7, 11) is -3.41. The minimum absolute atomic E-state index is 0.0741. The number of nitrogens with one attached hydrogen (secondary N) is 1. The molecule has 0 unspecified atom stereocenters. The monoisotopic (exact) mass is 288 g/mol. The number of rotatable bonds is 8. The van der Waals surface area contributed by atoms with E-state index in [0.29, 0.717) is 30.4 Å². The van der Waals surface area contributed by atoms with Gasteiger partial charge in [-0.2, -0.15) is 0 Å². The summed E-state index contributed by atoms with van der Waals surface area (Å²) >= 11 is 0. The van der Waals surface area contributed by atoms with Crippen molar-refractivity contribution in [1.29, 1.82) is 0 Å². The molecule has 0 aliphatic rings. The Morgan fingerprint density at radius 3 is 2.37 bits per heavy atom. The van der Waals surface area contributed by atoms with Crippen molar-refractivity contribution in [2.75, 3.05) is 30.2 Å². The third-order valence-electron chi connectivity index (χ3n) is 2.20. The Labute approximate surface area is 113 Å². The van der Waals surface area contributed by atoms with Crippen LogP contribution in [0.3, 0.4) is 0 Å². The van der Waals surface area contributed by atoms with E-state index >= 15 is 0 Å². The van der Waals surface area contributed by atoms with Gasteiger partial charge in [0.1, 0.15) is 0 Å². The number of anilines is 1. The number of sulfonamides is 1. The second-order valence-corrected chi connectivity index (χ2v) is 5.58. The second kappa shape index (κ2) is 7.20. The van der Waals surface area contributed by atoms with E-state index in [0.717, 1.165) is 0 Å². The van der Waals surface area contributed by atoms with E-state index in [4.69, 9.17) is 15.2 Å². The molecule has 0 atom stereocenters. The van der Waals surface area contributed by atoms with Crippen LogP contribution in [0.1, 0.15) is 13.8 Å². The summed E-state index contributed by atoms with van der Waals surface area (Å²) < 4.78 is 36.5. The molecule has 0 saturated carbocycles. The number of nitrogens with two attached hydrogens (primary N) is 1. The summed E-state index contributed by atoms with van der Waals surface area (Å²) in [6, 6.07) is 4.90. The zero-order chi connectivity index (χ0) is 14.3. The molecule has 0 aliphatic carbocycles. The minimum Gasteiger partial charge on any atom is -0.490 e. The van der Waals surface area contributed by atoms with E-state index in [-0.39, 0.29) is 12.3 Å². The fourth-order valence-electron chi connectivity index (χ4n) is 1.50. The zero-order valence-corrected chi connectivity index (χ0v) is 12.0. The van der Waals surface area contributed by atoms with Crippen LogP contribution >= 0.6 is 0 Å². The van der Waals surface area contributed by atoms with Gasteiger partial charge in [0.25, 0.3) is 0 Å². The third-order valence-corrected chi connectivity index (χ3v) is 3.52. The van der Waals surface area contributed by atoms with Crippen LogP contribution in [0.15, 0.2) is 18.2 Å². The molecule has 0 aromatic heterocycles. The Bertz CT molecular complexity index is 502. The van der Waals surface area contributed by atoms with E-state index in [9.17, 15) is 8.42 Å². The molecule has 6 nitrogen and oxygen atoms in total. The normalized spacial score (nSPS) is 11.1. The molecule has 0 spiro atoms. The summed E-state index contributed by atoms with van der Waals surface area (Å²) in [5.41, 5.74) is 5.68. The van der Waals surface area contributed by atoms with Crippen molar-refractivity contribution in [3.8, 4) is 11.5 Å². The lowest BCUT2D eigenvalue weighted by Crippen LogP contribution is -2.22. The van der Waals surface area contributed by atoms with Gasteiger partial charge in [0.15, 0.2) is 11.5 Å². The van der Waals surface area contributed by atoms with Crippen molar-refractivity contribution in [1.82, 2.24) is 0 Å². The second-order valence-electron chi connectivity index (χ2n) is 3.74. The first-order valence-corrected chi connectivity index (χ1v) is 7.77. The summed E-state index contributed by atoms with van der Waals surface area (Å²) in [5.74, 6) is 0.980. The zero-order valence-electron chi connectivity index (χ0n) is 11.2. The highest BCUT2D eigenvalue weighted by molar-refractivity contribution is 7.92. The molecule has 1 aromatic carbocycles. The topological polar surface area (TPSA) is 90.7 Å². The van der Waals surface area contributed by atoms with Crippen LogP contribution in [0, 0.1) is 0 Å². The van der Waals surface area contributed by atoms with Crippen LogP contribution in [-0.4, -0.2) is 33.9 Å². The number of hydrogen-bond acceptors (Lipinski definition) is 5. The lowest BCUT2D eigenvalue weighted by atomic mass is 10.3. The molecule has 3 N–H and O–H groups in total. The molecule has 0 amide bonds. The lowest BCUT2D eigenvalue weighted by molar-refractivity contribution is 0.288. The quantitative estimate of drug-likeness (QED) is 0.749. The standard InChI is InChI=1S/C12H20N2O4S/c1-3-17-11-6-5-10(9-12(11)18-4-2)14-19(15,16)8-7-13/h5-6,9,14H,3-4,7-8,13H2,1-2H3. The molecule has 0 heterocycles. The lowest BCUT2D eigenvalue weighted by Gasteiger charge is -2.13. The van der Waals surface area contributed by atoms with Gasteiger partial charge in [-0.3, -0.25) is 4.72 Å². The van der Waals surface area contributed by atoms with E-state index < -0.39 is 10.0 Å². The molecule has 0 radical (unpaired) electrons. The van der Waals surface area contributed by atoms with Crippen molar-refractivity contribution in [2.24, 2.45) is 5.73 Å². The van der Waals surface area contributed by atoms with E-state index in [1.54, 1.807) is 18.2 Å². The van der Waals surface area contributed by atoms with Gasteiger partial charge in [-0.15, -0.1) is 0 Å². The highest BCUT2D eigenvalue weighted by Crippen LogP contribution is 2.30. The number of ether oxygens (including phenoxy) is 2. The maximum atomic E-state index is 11.6. The summed E-state index contributed by atoms with van der Waals surface area (Å²) in [6.45, 7) is 4.77.